The lowest BCUT2D eigenvalue weighted by molar-refractivity contribution is -0.130. The first-order chi connectivity index (χ1) is 6.17. The number of hydrogen-bond acceptors (Lipinski definition) is 3. The van der Waals surface area contributed by atoms with Crippen LogP contribution in [0.25, 0.3) is 0 Å². The van der Waals surface area contributed by atoms with E-state index < -0.39 is 0 Å². The molecule has 74 valence electrons. The maximum Gasteiger partial charge on any atom is 0.293 e. The lowest BCUT2D eigenvalue weighted by Crippen LogP contribution is -2.32. The normalized spacial score (nSPS) is 9.08. The first-order valence-corrected chi connectivity index (χ1v) is 4.19. The highest BCUT2D eigenvalue weighted by Gasteiger charge is 2.13. The average molecular weight is 185 g/mol. The molecule has 0 bridgehead atoms. The SMILES string of the molecule is C=C(COC=O)C(=O)N(CC)CC. The van der Waals surface area contributed by atoms with Crippen LogP contribution >= 0.6 is 0 Å². The summed E-state index contributed by atoms with van der Waals surface area (Å²) in [4.78, 5) is 22.9. The van der Waals surface area contributed by atoms with E-state index in [-0.39, 0.29) is 12.5 Å². The molecule has 0 aliphatic carbocycles. The summed E-state index contributed by atoms with van der Waals surface area (Å²) in [5.41, 5.74) is 0.302. The number of amides is 1. The molecule has 4 heteroatoms. The Bertz CT molecular complexity index is 197. The maximum absolute atomic E-state index is 11.4. The minimum absolute atomic E-state index is 0.0289. The molecular weight excluding hydrogens is 170 g/mol. The van der Waals surface area contributed by atoms with Gasteiger partial charge in [-0.1, -0.05) is 6.58 Å². The molecule has 0 saturated carbocycles. The fourth-order valence-electron chi connectivity index (χ4n) is 0.931. The Labute approximate surface area is 78.2 Å². The van der Waals surface area contributed by atoms with Crippen molar-refractivity contribution in [1.82, 2.24) is 4.90 Å². The molecule has 0 radical (unpaired) electrons. The van der Waals surface area contributed by atoms with Gasteiger partial charge in [0.1, 0.15) is 6.61 Å². The average Bonchev–Trinajstić information content (AvgIpc) is 2.15. The molecule has 0 heterocycles. The van der Waals surface area contributed by atoms with Crippen molar-refractivity contribution >= 4 is 12.4 Å². The Morgan fingerprint density at radius 2 is 2.00 bits per heavy atom. The van der Waals surface area contributed by atoms with Crippen LogP contribution in [0.5, 0.6) is 0 Å². The number of carbonyl (C=O) groups is 2. The van der Waals surface area contributed by atoms with Crippen molar-refractivity contribution in [3.8, 4) is 0 Å². The van der Waals surface area contributed by atoms with Gasteiger partial charge in [-0.25, -0.2) is 0 Å². The van der Waals surface area contributed by atoms with Crippen molar-refractivity contribution < 1.29 is 14.3 Å². The number of likely N-dealkylation sites (N-methyl/N-ethyl adjacent to an activating group) is 1. The molecule has 0 spiro atoms. The highest BCUT2D eigenvalue weighted by atomic mass is 16.5. The molecule has 0 aromatic carbocycles. The van der Waals surface area contributed by atoms with Crippen LogP contribution < -0.4 is 0 Å². The summed E-state index contributed by atoms with van der Waals surface area (Å²) in [5.74, 6) is -0.160. The van der Waals surface area contributed by atoms with E-state index in [0.717, 1.165) is 0 Å². The fourth-order valence-corrected chi connectivity index (χ4v) is 0.931. The number of nitrogens with zero attached hydrogens (tertiary/aromatic N) is 1. The summed E-state index contributed by atoms with van der Waals surface area (Å²) in [5, 5.41) is 0. The van der Waals surface area contributed by atoms with E-state index in [1.165, 1.54) is 0 Å². The fraction of sp³-hybridized carbons (Fsp3) is 0.556. The van der Waals surface area contributed by atoms with Crippen molar-refractivity contribution in [2.45, 2.75) is 13.8 Å². The topological polar surface area (TPSA) is 46.6 Å². The lowest BCUT2D eigenvalue weighted by atomic mass is 10.3. The second-order valence-corrected chi connectivity index (χ2v) is 2.49. The summed E-state index contributed by atoms with van der Waals surface area (Å²) >= 11 is 0. The molecule has 0 saturated heterocycles. The van der Waals surface area contributed by atoms with E-state index in [2.05, 4.69) is 11.3 Å². The van der Waals surface area contributed by atoms with E-state index in [4.69, 9.17) is 0 Å². The van der Waals surface area contributed by atoms with Crippen LogP contribution in [-0.2, 0) is 14.3 Å². The number of rotatable bonds is 6. The summed E-state index contributed by atoms with van der Waals surface area (Å²) < 4.78 is 4.43. The van der Waals surface area contributed by atoms with Crippen LogP contribution in [0.1, 0.15) is 13.8 Å². The first-order valence-electron chi connectivity index (χ1n) is 4.19. The van der Waals surface area contributed by atoms with Gasteiger partial charge in [0.2, 0.25) is 0 Å². The molecule has 13 heavy (non-hydrogen) atoms. The van der Waals surface area contributed by atoms with Crippen LogP contribution in [0.15, 0.2) is 12.2 Å². The third kappa shape index (κ3) is 3.73. The van der Waals surface area contributed by atoms with E-state index in [0.29, 0.717) is 25.1 Å². The van der Waals surface area contributed by atoms with Gasteiger partial charge >= 0.3 is 0 Å². The van der Waals surface area contributed by atoms with Gasteiger partial charge in [0.25, 0.3) is 12.4 Å². The zero-order valence-electron chi connectivity index (χ0n) is 8.08. The van der Waals surface area contributed by atoms with Gasteiger partial charge in [-0.2, -0.15) is 0 Å². The Kier molecular flexibility index (Phi) is 5.59. The molecule has 0 N–H and O–H groups in total. The number of ether oxygens (including phenoxy) is 1. The van der Waals surface area contributed by atoms with Crippen LogP contribution in [0.3, 0.4) is 0 Å². The summed E-state index contributed by atoms with van der Waals surface area (Å²) in [6.45, 7) is 8.85. The Balaban J connectivity index is 4.07. The van der Waals surface area contributed by atoms with E-state index in [1.54, 1.807) is 4.90 Å². The predicted molar refractivity (Wildman–Crippen MR) is 49.1 cm³/mol. The van der Waals surface area contributed by atoms with Gasteiger partial charge in [-0.05, 0) is 13.8 Å². The molecule has 0 aromatic rings. The highest BCUT2D eigenvalue weighted by molar-refractivity contribution is 5.93. The highest BCUT2D eigenvalue weighted by Crippen LogP contribution is 1.99. The van der Waals surface area contributed by atoms with Crippen LogP contribution in [0, 0.1) is 0 Å². The smallest absolute Gasteiger partial charge is 0.293 e. The van der Waals surface area contributed by atoms with Crippen LogP contribution in [-0.4, -0.2) is 37.0 Å². The van der Waals surface area contributed by atoms with Gasteiger partial charge in [-0.15, -0.1) is 0 Å². The zero-order valence-corrected chi connectivity index (χ0v) is 8.08. The minimum Gasteiger partial charge on any atom is -0.463 e. The molecule has 0 atom stereocenters. The second-order valence-electron chi connectivity index (χ2n) is 2.49. The molecule has 1 amide bonds. The molecule has 0 fully saturated rings. The zero-order chi connectivity index (χ0) is 10.3. The second kappa shape index (κ2) is 6.22. The third-order valence-electron chi connectivity index (χ3n) is 1.68. The third-order valence-corrected chi connectivity index (χ3v) is 1.68. The molecular formula is C9H15NO3. The van der Waals surface area contributed by atoms with Crippen molar-refractivity contribution in [2.75, 3.05) is 19.7 Å². The van der Waals surface area contributed by atoms with E-state index in [1.807, 2.05) is 13.8 Å². The molecule has 0 unspecified atom stereocenters. The Morgan fingerprint density at radius 1 is 1.46 bits per heavy atom. The quantitative estimate of drug-likeness (QED) is 0.449. The number of carbonyl (C=O) groups excluding carboxylic acids is 2. The minimum atomic E-state index is -0.160. The van der Waals surface area contributed by atoms with Crippen molar-refractivity contribution in [3.63, 3.8) is 0 Å². The first kappa shape index (κ1) is 11.7. The summed E-state index contributed by atoms with van der Waals surface area (Å²) in [6, 6.07) is 0. The van der Waals surface area contributed by atoms with Crippen molar-refractivity contribution in [2.24, 2.45) is 0 Å². The summed E-state index contributed by atoms with van der Waals surface area (Å²) in [6.07, 6.45) is 0. The predicted octanol–water partition coefficient (Wildman–Crippen LogP) is 0.584. The maximum atomic E-state index is 11.4. The largest absolute Gasteiger partial charge is 0.463 e. The van der Waals surface area contributed by atoms with Crippen molar-refractivity contribution in [1.29, 1.82) is 0 Å². The number of hydrogen-bond donors (Lipinski definition) is 0. The van der Waals surface area contributed by atoms with Gasteiger partial charge in [-0.3, -0.25) is 9.59 Å². The van der Waals surface area contributed by atoms with Crippen LogP contribution in [0.2, 0.25) is 0 Å². The molecule has 0 aliphatic rings. The van der Waals surface area contributed by atoms with Gasteiger partial charge in [0, 0.05) is 18.7 Å². The molecule has 0 rings (SSSR count). The standard InChI is InChI=1S/C9H15NO3/c1-4-10(5-2)9(12)8(3)6-13-7-11/h7H,3-6H2,1-2H3. The molecule has 0 aliphatic heterocycles. The Hall–Kier alpha value is -1.32. The van der Waals surface area contributed by atoms with Gasteiger partial charge in [0.05, 0.1) is 0 Å². The monoisotopic (exact) mass is 185 g/mol. The lowest BCUT2D eigenvalue weighted by Gasteiger charge is -2.19. The van der Waals surface area contributed by atoms with Crippen molar-refractivity contribution in [3.05, 3.63) is 12.2 Å². The molecule has 0 aromatic heterocycles. The van der Waals surface area contributed by atoms with Gasteiger partial charge in [0.15, 0.2) is 0 Å². The Morgan fingerprint density at radius 3 is 2.38 bits per heavy atom. The van der Waals surface area contributed by atoms with E-state index in [9.17, 15) is 9.59 Å². The summed E-state index contributed by atoms with van der Waals surface area (Å²) in [7, 11) is 0. The van der Waals surface area contributed by atoms with E-state index >= 15 is 0 Å². The molecule has 4 nitrogen and oxygen atoms in total. The van der Waals surface area contributed by atoms with Gasteiger partial charge < -0.3 is 9.64 Å². The van der Waals surface area contributed by atoms with Crippen LogP contribution in [0.4, 0.5) is 0 Å².